The molecule has 1 aliphatic rings. The number of thiophene rings is 1. The fraction of sp³-hybridized carbons (Fsp3) is 0.615. The van der Waals surface area contributed by atoms with Crippen molar-refractivity contribution in [2.75, 3.05) is 32.4 Å². The highest BCUT2D eigenvalue weighted by atomic mass is 35.5. The molecule has 0 saturated carbocycles. The van der Waals surface area contributed by atoms with Gasteiger partial charge in [0.1, 0.15) is 0 Å². The van der Waals surface area contributed by atoms with Gasteiger partial charge in [-0.05, 0) is 25.5 Å². The first-order valence-electron chi connectivity index (χ1n) is 6.92. The number of sulfonamides is 1. The average Bonchev–Trinajstić information content (AvgIpc) is 2.86. The van der Waals surface area contributed by atoms with Gasteiger partial charge in [0.25, 0.3) is 5.91 Å². The number of piperazine rings is 1. The van der Waals surface area contributed by atoms with Crippen molar-refractivity contribution in [3.8, 4) is 0 Å². The van der Waals surface area contributed by atoms with Crippen LogP contribution in [0.5, 0.6) is 0 Å². The summed E-state index contributed by atoms with van der Waals surface area (Å²) in [5.41, 5.74) is 0. The zero-order chi connectivity index (χ0) is 15.5. The smallest absolute Gasteiger partial charge is 0.264 e. The molecule has 2 rings (SSSR count). The van der Waals surface area contributed by atoms with Crippen molar-refractivity contribution in [2.24, 2.45) is 0 Å². The first kappa shape index (κ1) is 19.4. The number of nitrogens with zero attached hydrogens (tertiary/aromatic N) is 1. The minimum Gasteiger partial charge on any atom is -0.333 e. The van der Waals surface area contributed by atoms with Gasteiger partial charge < -0.3 is 10.2 Å². The molecule has 0 aromatic carbocycles. The van der Waals surface area contributed by atoms with E-state index in [0.29, 0.717) is 13.0 Å². The van der Waals surface area contributed by atoms with Crippen LogP contribution in [0.2, 0.25) is 0 Å². The summed E-state index contributed by atoms with van der Waals surface area (Å²) in [5.74, 6) is 0.0660. The molecule has 1 aromatic heterocycles. The molecule has 9 heteroatoms. The predicted octanol–water partition coefficient (Wildman–Crippen LogP) is 0.695. The molecule has 0 radical (unpaired) electrons. The third-order valence-electron chi connectivity index (χ3n) is 3.37. The monoisotopic (exact) mass is 367 g/mol. The quantitative estimate of drug-likeness (QED) is 0.802. The molecule has 1 aliphatic heterocycles. The predicted molar refractivity (Wildman–Crippen MR) is 91.5 cm³/mol. The van der Waals surface area contributed by atoms with Crippen LogP contribution in [-0.2, 0) is 16.4 Å². The lowest BCUT2D eigenvalue weighted by molar-refractivity contribution is 0.0661. The zero-order valence-electron chi connectivity index (χ0n) is 12.7. The van der Waals surface area contributed by atoms with Crippen molar-refractivity contribution < 1.29 is 13.2 Å². The molecule has 6 nitrogen and oxygen atoms in total. The molecule has 1 aromatic rings. The molecule has 0 spiro atoms. The van der Waals surface area contributed by atoms with Gasteiger partial charge in [-0.3, -0.25) is 4.79 Å². The van der Waals surface area contributed by atoms with E-state index in [1.165, 1.54) is 11.3 Å². The number of amides is 1. The van der Waals surface area contributed by atoms with Gasteiger partial charge in [-0.25, -0.2) is 13.1 Å². The van der Waals surface area contributed by atoms with Gasteiger partial charge in [-0.2, -0.15) is 0 Å². The maximum absolute atomic E-state index is 12.5. The zero-order valence-corrected chi connectivity index (χ0v) is 15.1. The Morgan fingerprint density at radius 3 is 2.86 bits per heavy atom. The molecule has 0 aliphatic carbocycles. The highest BCUT2D eigenvalue weighted by Gasteiger charge is 2.24. The number of carbonyl (C=O) groups is 1. The molecule has 2 N–H and O–H groups in total. The second kappa shape index (κ2) is 8.26. The fourth-order valence-corrected chi connectivity index (χ4v) is 3.71. The number of hydrogen-bond donors (Lipinski definition) is 2. The normalized spacial score (nSPS) is 18.8. The van der Waals surface area contributed by atoms with E-state index < -0.39 is 10.0 Å². The third-order valence-corrected chi connectivity index (χ3v) is 5.23. The van der Waals surface area contributed by atoms with Gasteiger partial charge in [-0.15, -0.1) is 23.7 Å². The summed E-state index contributed by atoms with van der Waals surface area (Å²) in [6.07, 6.45) is 1.74. The summed E-state index contributed by atoms with van der Waals surface area (Å²) in [6, 6.07) is 3.93. The number of carbonyl (C=O) groups excluding carboxylic acids is 1. The number of hydrogen-bond acceptors (Lipinski definition) is 5. The van der Waals surface area contributed by atoms with Crippen LogP contribution in [0.25, 0.3) is 0 Å². The van der Waals surface area contributed by atoms with Crippen molar-refractivity contribution in [1.29, 1.82) is 0 Å². The molecule has 0 bridgehead atoms. The molecule has 1 atom stereocenters. The summed E-state index contributed by atoms with van der Waals surface area (Å²) in [5, 5.41) is 3.26. The summed E-state index contributed by atoms with van der Waals surface area (Å²) in [4.78, 5) is 16.1. The van der Waals surface area contributed by atoms with E-state index >= 15 is 0 Å². The first-order chi connectivity index (χ1) is 9.87. The third kappa shape index (κ3) is 5.51. The van der Waals surface area contributed by atoms with Crippen LogP contribution < -0.4 is 10.0 Å². The molecular weight excluding hydrogens is 346 g/mol. The Balaban J connectivity index is 0.00000242. The van der Waals surface area contributed by atoms with E-state index in [-0.39, 0.29) is 24.4 Å². The van der Waals surface area contributed by atoms with Crippen molar-refractivity contribution in [1.82, 2.24) is 14.9 Å². The highest BCUT2D eigenvalue weighted by Crippen LogP contribution is 2.20. The summed E-state index contributed by atoms with van der Waals surface area (Å²) in [6.45, 7) is 4.77. The SMILES string of the molecule is C[C@@H]1CNCCN1C(=O)c1ccc(CCNS(C)(=O)=O)s1.Cl. The average molecular weight is 368 g/mol. The lowest BCUT2D eigenvalue weighted by Crippen LogP contribution is -2.52. The van der Waals surface area contributed by atoms with Crippen LogP contribution in [0.15, 0.2) is 12.1 Å². The molecule has 22 heavy (non-hydrogen) atoms. The summed E-state index contributed by atoms with van der Waals surface area (Å²) >= 11 is 1.44. The standard InChI is InChI=1S/C13H21N3O3S2.ClH/c1-10-9-14-7-8-16(10)13(17)12-4-3-11(20-12)5-6-15-21(2,18)19;/h3-4,10,14-15H,5-9H2,1-2H3;1H/t10-;/m1./s1. The van der Waals surface area contributed by atoms with Crippen LogP contribution in [0.1, 0.15) is 21.5 Å². The topological polar surface area (TPSA) is 78.5 Å². The number of halogens is 1. The number of nitrogens with one attached hydrogen (secondary N) is 2. The van der Waals surface area contributed by atoms with Crippen LogP contribution in [0.3, 0.4) is 0 Å². The van der Waals surface area contributed by atoms with Crippen molar-refractivity contribution >= 4 is 39.7 Å². The molecule has 0 unspecified atom stereocenters. The van der Waals surface area contributed by atoms with Gasteiger partial charge >= 0.3 is 0 Å². The second-order valence-electron chi connectivity index (χ2n) is 5.23. The van der Waals surface area contributed by atoms with Crippen LogP contribution in [0, 0.1) is 0 Å². The van der Waals surface area contributed by atoms with Crippen LogP contribution in [-0.4, -0.2) is 57.7 Å². The van der Waals surface area contributed by atoms with Crippen molar-refractivity contribution in [3.05, 3.63) is 21.9 Å². The number of rotatable bonds is 5. The fourth-order valence-electron chi connectivity index (χ4n) is 2.27. The van der Waals surface area contributed by atoms with E-state index in [1.807, 2.05) is 24.0 Å². The van der Waals surface area contributed by atoms with E-state index in [0.717, 1.165) is 35.6 Å². The molecule has 1 fully saturated rings. The maximum atomic E-state index is 12.5. The van der Waals surface area contributed by atoms with Crippen molar-refractivity contribution in [3.63, 3.8) is 0 Å². The lowest BCUT2D eigenvalue weighted by atomic mass is 10.2. The highest BCUT2D eigenvalue weighted by molar-refractivity contribution is 7.88. The largest absolute Gasteiger partial charge is 0.333 e. The molecule has 1 amide bonds. The van der Waals surface area contributed by atoms with Gasteiger partial charge in [0.2, 0.25) is 10.0 Å². The minimum atomic E-state index is -3.16. The first-order valence-corrected chi connectivity index (χ1v) is 9.62. The van der Waals surface area contributed by atoms with Crippen LogP contribution in [0.4, 0.5) is 0 Å². The van der Waals surface area contributed by atoms with Crippen molar-refractivity contribution in [2.45, 2.75) is 19.4 Å². The Kier molecular flexibility index (Phi) is 7.27. The Morgan fingerprint density at radius 1 is 1.50 bits per heavy atom. The Hall–Kier alpha value is -0.670. The summed E-state index contributed by atoms with van der Waals surface area (Å²) < 4.78 is 24.5. The Morgan fingerprint density at radius 2 is 2.23 bits per heavy atom. The van der Waals surface area contributed by atoms with E-state index in [9.17, 15) is 13.2 Å². The molecular formula is C13H22ClN3O3S2. The maximum Gasteiger partial charge on any atom is 0.264 e. The molecule has 1 saturated heterocycles. The van der Waals surface area contributed by atoms with Gasteiger partial charge in [0.15, 0.2) is 0 Å². The van der Waals surface area contributed by atoms with Crippen LogP contribution >= 0.6 is 23.7 Å². The van der Waals surface area contributed by atoms with E-state index in [4.69, 9.17) is 0 Å². The molecule has 2 heterocycles. The van der Waals surface area contributed by atoms with E-state index in [1.54, 1.807) is 0 Å². The van der Waals surface area contributed by atoms with E-state index in [2.05, 4.69) is 10.0 Å². The van der Waals surface area contributed by atoms with Gasteiger partial charge in [-0.1, -0.05) is 0 Å². The lowest BCUT2D eigenvalue weighted by Gasteiger charge is -2.33. The Bertz CT molecular complexity index is 603. The molecule has 126 valence electrons. The summed E-state index contributed by atoms with van der Waals surface area (Å²) in [7, 11) is -3.16. The minimum absolute atomic E-state index is 0. The van der Waals surface area contributed by atoms with Gasteiger partial charge in [0, 0.05) is 37.1 Å². The Labute approximate surface area is 141 Å². The second-order valence-corrected chi connectivity index (χ2v) is 8.24. The van der Waals surface area contributed by atoms with Gasteiger partial charge in [0.05, 0.1) is 11.1 Å².